The third-order valence-electron chi connectivity index (χ3n) is 3.33. The summed E-state index contributed by atoms with van der Waals surface area (Å²) in [5, 5.41) is 5.49. The lowest BCUT2D eigenvalue weighted by Crippen LogP contribution is -2.45. The maximum Gasteiger partial charge on any atom is 0.236 e. The van der Waals surface area contributed by atoms with Gasteiger partial charge in [-0.2, -0.15) is 0 Å². The molecule has 1 aromatic rings. The third-order valence-corrected chi connectivity index (χ3v) is 4.31. The number of nitrogens with zero attached hydrogens (tertiary/aromatic N) is 1. The molecule has 19 heavy (non-hydrogen) atoms. The summed E-state index contributed by atoms with van der Waals surface area (Å²) in [6.45, 7) is 5.36. The van der Waals surface area contributed by atoms with E-state index in [4.69, 9.17) is 4.74 Å². The van der Waals surface area contributed by atoms with Crippen molar-refractivity contribution in [3.8, 4) is 0 Å². The van der Waals surface area contributed by atoms with Gasteiger partial charge in [-0.25, -0.2) is 0 Å². The van der Waals surface area contributed by atoms with Gasteiger partial charge in [-0.3, -0.25) is 4.79 Å². The molecule has 1 unspecified atom stereocenters. The van der Waals surface area contributed by atoms with E-state index in [-0.39, 0.29) is 5.91 Å². The molecule has 1 aliphatic heterocycles. The van der Waals surface area contributed by atoms with Gasteiger partial charge in [0, 0.05) is 24.0 Å². The van der Waals surface area contributed by atoms with Gasteiger partial charge in [0.2, 0.25) is 5.91 Å². The van der Waals surface area contributed by atoms with Gasteiger partial charge in [-0.1, -0.05) is 19.4 Å². The zero-order valence-electron chi connectivity index (χ0n) is 11.4. The van der Waals surface area contributed by atoms with Crippen LogP contribution in [0.25, 0.3) is 0 Å². The van der Waals surface area contributed by atoms with Crippen LogP contribution in [-0.2, 0) is 9.53 Å². The fourth-order valence-corrected chi connectivity index (χ4v) is 3.10. The van der Waals surface area contributed by atoms with Crippen molar-refractivity contribution in [2.75, 3.05) is 32.8 Å². The molecule has 2 rings (SSSR count). The zero-order chi connectivity index (χ0) is 13.5. The van der Waals surface area contributed by atoms with Gasteiger partial charge < -0.3 is 15.0 Å². The van der Waals surface area contributed by atoms with Gasteiger partial charge in [0.25, 0.3) is 0 Å². The molecule has 0 spiro atoms. The van der Waals surface area contributed by atoms with Gasteiger partial charge in [0.15, 0.2) is 0 Å². The summed E-state index contributed by atoms with van der Waals surface area (Å²) in [6.07, 6.45) is 2.18. The van der Waals surface area contributed by atoms with E-state index in [2.05, 4.69) is 29.8 Å². The molecule has 1 aliphatic rings. The summed E-state index contributed by atoms with van der Waals surface area (Å²) in [6, 6.07) is 4.50. The van der Waals surface area contributed by atoms with Crippen LogP contribution in [0.2, 0.25) is 0 Å². The predicted octanol–water partition coefficient (Wildman–Crippen LogP) is 2.04. The minimum absolute atomic E-state index is 0.181. The van der Waals surface area contributed by atoms with Crippen LogP contribution < -0.4 is 5.32 Å². The molecule has 1 saturated heterocycles. The number of hydrogen-bond acceptors (Lipinski definition) is 4. The highest BCUT2D eigenvalue weighted by atomic mass is 32.1. The number of amides is 1. The van der Waals surface area contributed by atoms with Gasteiger partial charge in [-0.15, -0.1) is 11.3 Å². The second kappa shape index (κ2) is 7.62. The molecule has 1 aromatic heterocycles. The Bertz CT molecular complexity index is 375. The van der Waals surface area contributed by atoms with E-state index in [9.17, 15) is 4.79 Å². The van der Waals surface area contributed by atoms with E-state index < -0.39 is 0 Å². The van der Waals surface area contributed by atoms with Crippen LogP contribution in [0, 0.1) is 0 Å². The molecule has 1 atom stereocenters. The van der Waals surface area contributed by atoms with Crippen LogP contribution in [0.1, 0.15) is 30.7 Å². The number of carbonyl (C=O) groups is 1. The standard InChI is InChI=1S/C14H22N2O2S/c1-2-4-12(13-5-3-10-19-13)15-11-14(17)16-6-8-18-9-7-16/h3,5,10,12,15H,2,4,6-9,11H2,1H3. The van der Waals surface area contributed by atoms with Crippen molar-refractivity contribution in [2.45, 2.75) is 25.8 Å². The molecule has 106 valence electrons. The topological polar surface area (TPSA) is 41.6 Å². The first kappa shape index (κ1) is 14.5. The van der Waals surface area contributed by atoms with Crippen molar-refractivity contribution in [2.24, 2.45) is 0 Å². The highest BCUT2D eigenvalue weighted by Gasteiger charge is 2.18. The highest BCUT2D eigenvalue weighted by molar-refractivity contribution is 7.10. The van der Waals surface area contributed by atoms with Crippen LogP contribution in [-0.4, -0.2) is 43.7 Å². The van der Waals surface area contributed by atoms with E-state index in [0.717, 1.165) is 25.9 Å². The smallest absolute Gasteiger partial charge is 0.236 e. The summed E-state index contributed by atoms with van der Waals surface area (Å²) in [5.41, 5.74) is 0. The lowest BCUT2D eigenvalue weighted by molar-refractivity contribution is -0.134. The molecular formula is C14H22N2O2S. The summed E-state index contributed by atoms with van der Waals surface area (Å²) in [7, 11) is 0. The highest BCUT2D eigenvalue weighted by Crippen LogP contribution is 2.22. The maximum absolute atomic E-state index is 12.1. The van der Waals surface area contributed by atoms with Gasteiger partial charge in [-0.05, 0) is 17.9 Å². The monoisotopic (exact) mass is 282 g/mol. The maximum atomic E-state index is 12.1. The quantitative estimate of drug-likeness (QED) is 0.868. The first-order valence-electron chi connectivity index (χ1n) is 6.93. The van der Waals surface area contributed by atoms with Crippen molar-refractivity contribution in [1.29, 1.82) is 0 Å². The second-order valence-electron chi connectivity index (χ2n) is 4.73. The lowest BCUT2D eigenvalue weighted by atomic mass is 10.1. The Morgan fingerprint density at radius 2 is 2.32 bits per heavy atom. The molecule has 0 aromatic carbocycles. The number of thiophene rings is 1. The number of hydrogen-bond donors (Lipinski definition) is 1. The van der Waals surface area contributed by atoms with Gasteiger partial charge >= 0.3 is 0 Å². The molecule has 5 heteroatoms. The summed E-state index contributed by atoms with van der Waals surface area (Å²) < 4.78 is 5.26. The molecule has 1 amide bonds. The Morgan fingerprint density at radius 1 is 1.53 bits per heavy atom. The molecular weight excluding hydrogens is 260 g/mol. The average Bonchev–Trinajstić information content (AvgIpc) is 2.98. The zero-order valence-corrected chi connectivity index (χ0v) is 12.2. The van der Waals surface area contributed by atoms with E-state index >= 15 is 0 Å². The Hall–Kier alpha value is -0.910. The van der Waals surface area contributed by atoms with E-state index in [0.29, 0.717) is 25.8 Å². The molecule has 0 radical (unpaired) electrons. The first-order chi connectivity index (χ1) is 9.31. The average molecular weight is 282 g/mol. The Labute approximate surface area is 118 Å². The fourth-order valence-electron chi connectivity index (χ4n) is 2.26. The summed E-state index contributed by atoms with van der Waals surface area (Å²) in [4.78, 5) is 15.3. The van der Waals surface area contributed by atoms with Crippen molar-refractivity contribution in [1.82, 2.24) is 10.2 Å². The molecule has 4 nitrogen and oxygen atoms in total. The fraction of sp³-hybridized carbons (Fsp3) is 0.643. The SMILES string of the molecule is CCCC(NCC(=O)N1CCOCC1)c1cccs1. The number of rotatable bonds is 6. The number of carbonyl (C=O) groups excluding carboxylic acids is 1. The van der Waals surface area contributed by atoms with Crippen molar-refractivity contribution < 1.29 is 9.53 Å². The summed E-state index contributed by atoms with van der Waals surface area (Å²) in [5.74, 6) is 0.181. The van der Waals surface area contributed by atoms with Crippen LogP contribution in [0.5, 0.6) is 0 Å². The Kier molecular flexibility index (Phi) is 5.82. The van der Waals surface area contributed by atoms with E-state index in [1.54, 1.807) is 11.3 Å². The van der Waals surface area contributed by atoms with E-state index in [1.807, 2.05) is 4.90 Å². The Balaban J connectivity index is 1.82. The molecule has 2 heterocycles. The largest absolute Gasteiger partial charge is 0.378 e. The van der Waals surface area contributed by atoms with Gasteiger partial charge in [0.1, 0.15) is 0 Å². The third kappa shape index (κ3) is 4.30. The number of ether oxygens (including phenoxy) is 1. The van der Waals surface area contributed by atoms with Crippen LogP contribution in [0.4, 0.5) is 0 Å². The van der Waals surface area contributed by atoms with Crippen molar-refractivity contribution >= 4 is 17.2 Å². The van der Waals surface area contributed by atoms with Gasteiger partial charge in [0.05, 0.1) is 19.8 Å². The van der Waals surface area contributed by atoms with Crippen molar-refractivity contribution in [3.05, 3.63) is 22.4 Å². The van der Waals surface area contributed by atoms with Crippen molar-refractivity contribution in [3.63, 3.8) is 0 Å². The summed E-state index contributed by atoms with van der Waals surface area (Å²) >= 11 is 1.75. The van der Waals surface area contributed by atoms with E-state index in [1.165, 1.54) is 4.88 Å². The molecule has 0 bridgehead atoms. The van der Waals surface area contributed by atoms with Crippen LogP contribution in [0.15, 0.2) is 17.5 Å². The second-order valence-corrected chi connectivity index (χ2v) is 5.71. The number of morpholine rings is 1. The minimum Gasteiger partial charge on any atom is -0.378 e. The molecule has 0 aliphatic carbocycles. The van der Waals surface area contributed by atoms with Crippen LogP contribution >= 0.6 is 11.3 Å². The Morgan fingerprint density at radius 3 is 2.95 bits per heavy atom. The van der Waals surface area contributed by atoms with Crippen LogP contribution in [0.3, 0.4) is 0 Å². The lowest BCUT2D eigenvalue weighted by Gasteiger charge is -2.27. The predicted molar refractivity (Wildman–Crippen MR) is 77.4 cm³/mol. The number of nitrogens with one attached hydrogen (secondary N) is 1. The molecule has 1 fully saturated rings. The molecule has 0 saturated carbocycles. The normalized spacial score (nSPS) is 17.4. The molecule has 1 N–H and O–H groups in total. The first-order valence-corrected chi connectivity index (χ1v) is 7.81. The minimum atomic E-state index is 0.181.